The lowest BCUT2D eigenvalue weighted by atomic mass is 10.0. The molecule has 0 unspecified atom stereocenters. The van der Waals surface area contributed by atoms with Crippen molar-refractivity contribution >= 4 is 26.5 Å². The van der Waals surface area contributed by atoms with Crippen LogP contribution in [0.5, 0.6) is 0 Å². The van der Waals surface area contributed by atoms with E-state index in [0.29, 0.717) is 17.5 Å². The van der Waals surface area contributed by atoms with E-state index in [1.165, 1.54) is 0 Å². The molecule has 0 bridgehead atoms. The third-order valence-electron chi connectivity index (χ3n) is 3.38. The first-order valence-corrected chi connectivity index (χ1v) is 8.84. The largest absolute Gasteiger partial charge is 0.284 e. The number of aromatic nitrogens is 2. The molecule has 7 heteroatoms. The van der Waals surface area contributed by atoms with Gasteiger partial charge in [0.1, 0.15) is 0 Å². The van der Waals surface area contributed by atoms with E-state index in [1.54, 1.807) is 30.3 Å². The lowest BCUT2D eigenvalue weighted by Gasteiger charge is -2.08. The molecular weight excluding hydrogens is 314 g/mol. The van der Waals surface area contributed by atoms with Crippen molar-refractivity contribution in [3.8, 4) is 0 Å². The van der Waals surface area contributed by atoms with E-state index in [4.69, 9.17) is 0 Å². The standard InChI is InChI=1S/C16H15N3O3S/c1-23(21,22)19-12-6-4-5-11(9-12)10-15-13-7-2-3-8-14(13)16(20)18-17-15/h2-9,19H,10H2,1H3,(H,18,20). The lowest BCUT2D eigenvalue weighted by molar-refractivity contribution is 0.607. The Bertz CT molecular complexity index is 1030. The van der Waals surface area contributed by atoms with Crippen molar-refractivity contribution in [2.75, 3.05) is 11.0 Å². The molecule has 0 fully saturated rings. The minimum absolute atomic E-state index is 0.225. The summed E-state index contributed by atoms with van der Waals surface area (Å²) in [6.07, 6.45) is 1.59. The van der Waals surface area contributed by atoms with Gasteiger partial charge in [-0.3, -0.25) is 9.52 Å². The predicted octanol–water partition coefficient (Wildman–Crippen LogP) is 1.89. The average molecular weight is 329 g/mol. The van der Waals surface area contributed by atoms with Gasteiger partial charge >= 0.3 is 0 Å². The molecule has 0 radical (unpaired) electrons. The topological polar surface area (TPSA) is 91.9 Å². The zero-order chi connectivity index (χ0) is 16.4. The van der Waals surface area contributed by atoms with Gasteiger partial charge in [-0.2, -0.15) is 5.10 Å². The highest BCUT2D eigenvalue weighted by Gasteiger charge is 2.08. The molecule has 0 amide bonds. The first kappa shape index (κ1) is 15.2. The normalized spacial score (nSPS) is 11.5. The predicted molar refractivity (Wildman–Crippen MR) is 90.1 cm³/mol. The second-order valence-corrected chi connectivity index (χ2v) is 7.04. The minimum atomic E-state index is -3.32. The molecule has 3 rings (SSSR count). The van der Waals surface area contributed by atoms with Crippen LogP contribution in [0.15, 0.2) is 53.3 Å². The first-order valence-electron chi connectivity index (χ1n) is 6.95. The van der Waals surface area contributed by atoms with Gasteiger partial charge in [-0.05, 0) is 23.8 Å². The number of aromatic amines is 1. The zero-order valence-corrected chi connectivity index (χ0v) is 13.2. The molecule has 1 aromatic heterocycles. The highest BCUT2D eigenvalue weighted by Crippen LogP contribution is 2.18. The van der Waals surface area contributed by atoms with Gasteiger partial charge in [0.15, 0.2) is 0 Å². The second kappa shape index (κ2) is 5.85. The Kier molecular flexibility index (Phi) is 3.87. The highest BCUT2D eigenvalue weighted by atomic mass is 32.2. The molecule has 0 atom stereocenters. The van der Waals surface area contributed by atoms with Crippen LogP contribution in [-0.2, 0) is 16.4 Å². The molecule has 3 aromatic rings. The third kappa shape index (κ3) is 3.57. The first-order chi connectivity index (χ1) is 10.9. The van der Waals surface area contributed by atoms with Gasteiger partial charge in [0.25, 0.3) is 5.56 Å². The monoisotopic (exact) mass is 329 g/mol. The van der Waals surface area contributed by atoms with E-state index < -0.39 is 10.0 Å². The van der Waals surface area contributed by atoms with Gasteiger partial charge in [0.05, 0.1) is 17.3 Å². The van der Waals surface area contributed by atoms with E-state index in [-0.39, 0.29) is 5.56 Å². The van der Waals surface area contributed by atoms with Crippen LogP contribution in [0.2, 0.25) is 0 Å². The zero-order valence-electron chi connectivity index (χ0n) is 12.4. The van der Waals surface area contributed by atoms with E-state index in [0.717, 1.165) is 22.9 Å². The molecule has 0 spiro atoms. The Morgan fingerprint density at radius 1 is 1.09 bits per heavy atom. The summed E-state index contributed by atoms with van der Waals surface area (Å²) in [5.41, 5.74) is 1.90. The van der Waals surface area contributed by atoms with Crippen molar-refractivity contribution in [3.63, 3.8) is 0 Å². The number of H-pyrrole nitrogens is 1. The number of hydrogen-bond acceptors (Lipinski definition) is 4. The highest BCUT2D eigenvalue weighted by molar-refractivity contribution is 7.92. The van der Waals surface area contributed by atoms with Crippen LogP contribution >= 0.6 is 0 Å². The maximum atomic E-state index is 11.8. The summed E-state index contributed by atoms with van der Waals surface area (Å²) in [5, 5.41) is 8.00. The van der Waals surface area contributed by atoms with Gasteiger partial charge in [-0.1, -0.05) is 30.3 Å². The molecule has 118 valence electrons. The number of nitrogens with one attached hydrogen (secondary N) is 2. The van der Waals surface area contributed by atoms with Crippen LogP contribution in [0, 0.1) is 0 Å². The number of sulfonamides is 1. The van der Waals surface area contributed by atoms with Gasteiger partial charge in [-0.15, -0.1) is 0 Å². The number of benzene rings is 2. The second-order valence-electron chi connectivity index (χ2n) is 5.30. The number of nitrogens with zero attached hydrogens (tertiary/aromatic N) is 1. The summed E-state index contributed by atoms with van der Waals surface area (Å²) in [7, 11) is -3.32. The number of rotatable bonds is 4. The quantitative estimate of drug-likeness (QED) is 0.764. The summed E-state index contributed by atoms with van der Waals surface area (Å²) in [5.74, 6) is 0. The van der Waals surface area contributed by atoms with E-state index in [2.05, 4.69) is 14.9 Å². The third-order valence-corrected chi connectivity index (χ3v) is 3.98. The van der Waals surface area contributed by atoms with Crippen LogP contribution in [0.25, 0.3) is 10.8 Å². The summed E-state index contributed by atoms with van der Waals surface area (Å²) >= 11 is 0. The molecular formula is C16H15N3O3S. The SMILES string of the molecule is CS(=O)(=O)Nc1cccc(Cc2n[nH]c(=O)c3ccccc23)c1. The van der Waals surface area contributed by atoms with Gasteiger partial charge in [0, 0.05) is 17.5 Å². The fourth-order valence-corrected chi connectivity index (χ4v) is 3.01. The van der Waals surface area contributed by atoms with Crippen LogP contribution < -0.4 is 10.3 Å². The van der Waals surface area contributed by atoms with Crippen molar-refractivity contribution in [1.82, 2.24) is 10.2 Å². The molecule has 0 aliphatic rings. The Morgan fingerprint density at radius 3 is 2.57 bits per heavy atom. The Hall–Kier alpha value is -2.67. The fraction of sp³-hybridized carbons (Fsp3) is 0.125. The smallest absolute Gasteiger partial charge is 0.272 e. The number of hydrogen-bond donors (Lipinski definition) is 2. The Balaban J connectivity index is 1.99. The molecule has 6 nitrogen and oxygen atoms in total. The molecule has 0 aliphatic heterocycles. The molecule has 0 saturated carbocycles. The maximum Gasteiger partial charge on any atom is 0.272 e. The van der Waals surface area contributed by atoms with E-state index >= 15 is 0 Å². The molecule has 23 heavy (non-hydrogen) atoms. The number of anilines is 1. The van der Waals surface area contributed by atoms with Crippen LogP contribution in [0.1, 0.15) is 11.3 Å². The van der Waals surface area contributed by atoms with E-state index in [9.17, 15) is 13.2 Å². The molecule has 0 saturated heterocycles. The van der Waals surface area contributed by atoms with Crippen molar-refractivity contribution in [3.05, 3.63) is 70.1 Å². The maximum absolute atomic E-state index is 11.8. The lowest BCUT2D eigenvalue weighted by Crippen LogP contribution is -2.11. The van der Waals surface area contributed by atoms with Crippen LogP contribution in [0.4, 0.5) is 5.69 Å². The van der Waals surface area contributed by atoms with Gasteiger partial charge in [0.2, 0.25) is 10.0 Å². The van der Waals surface area contributed by atoms with Gasteiger partial charge < -0.3 is 0 Å². The summed E-state index contributed by atoms with van der Waals surface area (Å²) in [6.45, 7) is 0. The summed E-state index contributed by atoms with van der Waals surface area (Å²) in [4.78, 5) is 11.8. The van der Waals surface area contributed by atoms with E-state index in [1.807, 2.05) is 18.2 Å². The van der Waals surface area contributed by atoms with Crippen molar-refractivity contribution in [2.45, 2.75) is 6.42 Å². The molecule has 1 heterocycles. The number of fused-ring (bicyclic) bond motifs is 1. The van der Waals surface area contributed by atoms with Crippen molar-refractivity contribution in [2.24, 2.45) is 0 Å². The van der Waals surface area contributed by atoms with Crippen LogP contribution in [0.3, 0.4) is 0 Å². The Labute approximate surface area is 133 Å². The van der Waals surface area contributed by atoms with Crippen molar-refractivity contribution in [1.29, 1.82) is 0 Å². The fourth-order valence-electron chi connectivity index (χ4n) is 2.46. The average Bonchev–Trinajstić information content (AvgIpc) is 2.49. The van der Waals surface area contributed by atoms with Gasteiger partial charge in [-0.25, -0.2) is 13.5 Å². The molecule has 2 N–H and O–H groups in total. The summed E-state index contributed by atoms with van der Waals surface area (Å²) in [6, 6.07) is 14.4. The molecule has 2 aromatic carbocycles. The summed E-state index contributed by atoms with van der Waals surface area (Å²) < 4.78 is 25.1. The minimum Gasteiger partial charge on any atom is -0.284 e. The molecule has 0 aliphatic carbocycles. The van der Waals surface area contributed by atoms with Crippen LogP contribution in [-0.4, -0.2) is 24.9 Å². The Morgan fingerprint density at radius 2 is 1.83 bits per heavy atom. The van der Waals surface area contributed by atoms with Crippen molar-refractivity contribution < 1.29 is 8.42 Å².